The predicted molar refractivity (Wildman–Crippen MR) is 136 cm³/mol. The first-order chi connectivity index (χ1) is 17.0. The highest BCUT2D eigenvalue weighted by molar-refractivity contribution is 7.90. The van der Waals surface area contributed by atoms with Crippen molar-refractivity contribution in [2.75, 3.05) is 37.3 Å². The molecule has 9 nitrogen and oxygen atoms in total. The average molecular weight is 514 g/mol. The number of sulfone groups is 1. The molecule has 5 rings (SSSR count). The van der Waals surface area contributed by atoms with Gasteiger partial charge in [-0.3, -0.25) is 4.90 Å². The smallest absolute Gasteiger partial charge is 0.410 e. The topological polar surface area (TPSA) is 95.9 Å². The van der Waals surface area contributed by atoms with Crippen LogP contribution in [0.1, 0.15) is 39.2 Å². The summed E-state index contributed by atoms with van der Waals surface area (Å²) in [6.45, 7) is 10.2. The summed E-state index contributed by atoms with van der Waals surface area (Å²) in [5.41, 5.74) is 1.19. The molecule has 1 saturated carbocycles. The van der Waals surface area contributed by atoms with Crippen LogP contribution in [0.25, 0.3) is 0 Å². The van der Waals surface area contributed by atoms with Gasteiger partial charge < -0.3 is 14.5 Å². The number of likely N-dealkylation sites (tertiary alicyclic amines) is 1. The van der Waals surface area contributed by atoms with Crippen LogP contribution in [0, 0.1) is 5.41 Å². The third-order valence-electron chi connectivity index (χ3n) is 7.72. The molecular formula is C26H35N5O4S. The van der Waals surface area contributed by atoms with Gasteiger partial charge in [-0.05, 0) is 39.2 Å². The summed E-state index contributed by atoms with van der Waals surface area (Å²) >= 11 is 0. The highest BCUT2D eigenvalue weighted by atomic mass is 32.2. The van der Waals surface area contributed by atoms with Gasteiger partial charge in [-0.1, -0.05) is 30.3 Å². The summed E-state index contributed by atoms with van der Waals surface area (Å²) in [6.07, 6.45) is 5.36. The van der Waals surface area contributed by atoms with Gasteiger partial charge in [0.2, 0.25) is 5.95 Å². The molecular weight excluding hydrogens is 478 g/mol. The number of hydrogen-bond donors (Lipinski definition) is 0. The summed E-state index contributed by atoms with van der Waals surface area (Å²) in [5, 5.41) is 0. The van der Waals surface area contributed by atoms with Crippen LogP contribution in [0.3, 0.4) is 0 Å². The molecule has 1 spiro atoms. The van der Waals surface area contributed by atoms with Crippen molar-refractivity contribution in [3.05, 3.63) is 48.3 Å². The van der Waals surface area contributed by atoms with Crippen molar-refractivity contribution in [3.63, 3.8) is 0 Å². The van der Waals surface area contributed by atoms with Crippen LogP contribution in [-0.4, -0.2) is 84.4 Å². The Balaban J connectivity index is 1.13. The van der Waals surface area contributed by atoms with Crippen LogP contribution in [0.4, 0.5) is 10.7 Å². The molecule has 3 aliphatic rings. The second kappa shape index (κ2) is 8.99. The zero-order valence-corrected chi connectivity index (χ0v) is 22.2. The SMILES string of the molecule is C[C@@H]1CN(c2ncc(S(C)(=O)=O)cn2)[C@@H](C)CN1C(=O)OC1(C)CC2(CN(Cc3ccccc3)C2)C1. The third kappa shape index (κ3) is 4.93. The molecule has 2 aliphatic heterocycles. The van der Waals surface area contributed by atoms with Gasteiger partial charge in [0.1, 0.15) is 10.5 Å². The van der Waals surface area contributed by atoms with Gasteiger partial charge in [0.15, 0.2) is 9.84 Å². The summed E-state index contributed by atoms with van der Waals surface area (Å²) in [7, 11) is -3.35. The lowest BCUT2D eigenvalue weighted by Crippen LogP contribution is -2.68. The zero-order chi connectivity index (χ0) is 25.7. The second-order valence-corrected chi connectivity index (χ2v) is 13.3. The highest BCUT2D eigenvalue weighted by Crippen LogP contribution is 2.56. The van der Waals surface area contributed by atoms with Gasteiger partial charge in [-0.15, -0.1) is 0 Å². The van der Waals surface area contributed by atoms with Crippen LogP contribution in [0.2, 0.25) is 0 Å². The lowest BCUT2D eigenvalue weighted by Gasteiger charge is -2.62. The molecule has 2 saturated heterocycles. The maximum absolute atomic E-state index is 13.2. The first-order valence-corrected chi connectivity index (χ1v) is 14.4. The number of hydrogen-bond acceptors (Lipinski definition) is 8. The fourth-order valence-electron chi connectivity index (χ4n) is 6.26. The third-order valence-corrected chi connectivity index (χ3v) is 8.79. The zero-order valence-electron chi connectivity index (χ0n) is 21.4. The summed E-state index contributed by atoms with van der Waals surface area (Å²) in [4.78, 5) is 28.1. The van der Waals surface area contributed by atoms with Gasteiger partial charge >= 0.3 is 6.09 Å². The van der Waals surface area contributed by atoms with Crippen molar-refractivity contribution in [3.8, 4) is 0 Å². The summed E-state index contributed by atoms with van der Waals surface area (Å²) in [6, 6.07) is 10.4. The largest absolute Gasteiger partial charge is 0.443 e. The molecule has 1 amide bonds. The first kappa shape index (κ1) is 25.0. The van der Waals surface area contributed by atoms with Gasteiger partial charge in [0, 0.05) is 56.5 Å². The minimum absolute atomic E-state index is 0.0310. The number of rotatable bonds is 5. The van der Waals surface area contributed by atoms with Crippen LogP contribution >= 0.6 is 0 Å². The number of amides is 1. The van der Waals surface area contributed by atoms with E-state index in [2.05, 4.69) is 46.1 Å². The Kier molecular flexibility index (Phi) is 6.23. The normalized spacial score (nSPS) is 25.2. The number of anilines is 1. The van der Waals surface area contributed by atoms with Gasteiger partial charge in [-0.2, -0.15) is 0 Å². The molecule has 0 N–H and O–H groups in total. The van der Waals surface area contributed by atoms with Gasteiger partial charge in [0.05, 0.1) is 12.4 Å². The van der Waals surface area contributed by atoms with Crippen LogP contribution in [0.15, 0.2) is 47.6 Å². The predicted octanol–water partition coefficient (Wildman–Crippen LogP) is 2.97. The van der Waals surface area contributed by atoms with Crippen molar-refractivity contribution < 1.29 is 17.9 Å². The standard InChI is InChI=1S/C26H35N5O4S/c1-19-13-31(20(2)12-30(19)23-27-10-22(11-28-23)36(4,33)34)24(32)35-25(3)15-26(16-25)17-29(18-26)14-21-8-6-5-7-9-21/h5-11,19-20H,12-18H2,1-4H3/t19-,20+/m0/s1. The highest BCUT2D eigenvalue weighted by Gasteiger charge is 2.60. The number of carbonyl (C=O) groups excluding carboxylic acids is 1. The molecule has 3 fully saturated rings. The van der Waals surface area contributed by atoms with Crippen molar-refractivity contribution in [1.29, 1.82) is 0 Å². The number of ether oxygens (including phenoxy) is 1. The van der Waals surface area contributed by atoms with Crippen molar-refractivity contribution in [2.45, 2.75) is 62.7 Å². The molecule has 10 heteroatoms. The first-order valence-electron chi connectivity index (χ1n) is 12.5. The maximum atomic E-state index is 13.2. The second-order valence-electron chi connectivity index (χ2n) is 11.3. The van der Waals surface area contributed by atoms with Crippen molar-refractivity contribution in [1.82, 2.24) is 19.8 Å². The summed E-state index contributed by atoms with van der Waals surface area (Å²) < 4.78 is 29.5. The number of carbonyl (C=O) groups is 1. The lowest BCUT2D eigenvalue weighted by molar-refractivity contribution is -0.187. The van der Waals surface area contributed by atoms with Crippen LogP contribution < -0.4 is 4.90 Å². The van der Waals surface area contributed by atoms with Gasteiger partial charge in [0.25, 0.3) is 0 Å². The van der Waals surface area contributed by atoms with Crippen LogP contribution in [0.5, 0.6) is 0 Å². The Labute approximate surface area is 213 Å². The number of aromatic nitrogens is 2. The number of benzene rings is 1. The molecule has 1 aromatic heterocycles. The monoisotopic (exact) mass is 513 g/mol. The van der Waals surface area contributed by atoms with E-state index in [1.807, 2.05) is 24.8 Å². The van der Waals surface area contributed by atoms with Crippen molar-refractivity contribution >= 4 is 21.9 Å². The van der Waals surface area contributed by atoms with Gasteiger partial charge in [-0.25, -0.2) is 23.2 Å². The van der Waals surface area contributed by atoms with E-state index in [-0.39, 0.29) is 28.5 Å². The lowest BCUT2D eigenvalue weighted by atomic mass is 9.55. The molecule has 1 aliphatic carbocycles. The molecule has 0 bridgehead atoms. The fourth-order valence-corrected chi connectivity index (χ4v) is 6.75. The van der Waals surface area contributed by atoms with Crippen LogP contribution in [-0.2, 0) is 21.1 Å². The van der Waals surface area contributed by atoms with E-state index < -0.39 is 15.4 Å². The average Bonchev–Trinajstić information content (AvgIpc) is 2.78. The van der Waals surface area contributed by atoms with E-state index in [1.165, 1.54) is 18.0 Å². The minimum Gasteiger partial charge on any atom is -0.443 e. The Morgan fingerprint density at radius 2 is 1.69 bits per heavy atom. The Bertz CT molecular complexity index is 1210. The van der Waals surface area contributed by atoms with E-state index in [4.69, 9.17) is 4.74 Å². The molecule has 0 unspecified atom stereocenters. The molecule has 3 heterocycles. The molecule has 1 aromatic carbocycles. The van der Waals surface area contributed by atoms with Crippen molar-refractivity contribution in [2.24, 2.45) is 5.41 Å². The molecule has 2 aromatic rings. The van der Waals surface area contributed by atoms with E-state index >= 15 is 0 Å². The van der Waals surface area contributed by atoms with E-state index in [0.29, 0.717) is 19.0 Å². The molecule has 194 valence electrons. The minimum atomic E-state index is -3.35. The molecule has 2 atom stereocenters. The van der Waals surface area contributed by atoms with E-state index in [0.717, 1.165) is 38.7 Å². The number of piperazine rings is 1. The molecule has 36 heavy (non-hydrogen) atoms. The Morgan fingerprint density at radius 3 is 2.31 bits per heavy atom. The Hall–Kier alpha value is -2.72. The fraction of sp³-hybridized carbons (Fsp3) is 0.577. The molecule has 0 radical (unpaired) electrons. The Morgan fingerprint density at radius 1 is 1.06 bits per heavy atom. The van der Waals surface area contributed by atoms with E-state index in [1.54, 1.807) is 4.90 Å². The quantitative estimate of drug-likeness (QED) is 0.602. The maximum Gasteiger partial charge on any atom is 0.410 e. The summed E-state index contributed by atoms with van der Waals surface area (Å²) in [5.74, 6) is 0.465. The number of nitrogens with zero attached hydrogens (tertiary/aromatic N) is 5. The van der Waals surface area contributed by atoms with E-state index in [9.17, 15) is 13.2 Å².